The predicted octanol–water partition coefficient (Wildman–Crippen LogP) is 1.68. The molecule has 3 N–H and O–H groups in total. The first-order valence-electron chi connectivity index (χ1n) is 7.10. The van der Waals surface area contributed by atoms with Crippen molar-refractivity contribution in [1.82, 2.24) is 10.6 Å². The molecule has 0 aliphatic rings. The highest BCUT2D eigenvalue weighted by Gasteiger charge is 2.10. The van der Waals surface area contributed by atoms with Gasteiger partial charge in [-0.2, -0.15) is 0 Å². The van der Waals surface area contributed by atoms with Crippen molar-refractivity contribution in [3.63, 3.8) is 0 Å². The van der Waals surface area contributed by atoms with Crippen LogP contribution >= 0.6 is 11.3 Å². The molecule has 0 bridgehead atoms. The molecule has 1 heterocycles. The molecule has 2 rings (SSSR count). The molecule has 3 amide bonds. The summed E-state index contributed by atoms with van der Waals surface area (Å²) in [5.74, 6) is -1.79. The van der Waals surface area contributed by atoms with Crippen LogP contribution in [0.25, 0.3) is 0 Å². The molecule has 126 valence electrons. The Hall–Kier alpha value is -2.74. The highest BCUT2D eigenvalue weighted by atomic mass is 32.1. The fourth-order valence-corrected chi connectivity index (χ4v) is 2.46. The van der Waals surface area contributed by atoms with Gasteiger partial charge in [-0.15, -0.1) is 11.3 Å². The van der Waals surface area contributed by atoms with Crippen molar-refractivity contribution in [1.29, 1.82) is 0 Å². The Labute approximate surface area is 142 Å². The average molecular weight is 349 g/mol. The third-order valence-electron chi connectivity index (χ3n) is 3.07. The highest BCUT2D eigenvalue weighted by Crippen LogP contribution is 2.15. The third-order valence-corrected chi connectivity index (χ3v) is 3.94. The molecule has 6 nitrogen and oxygen atoms in total. The maximum atomic E-state index is 13.1. The lowest BCUT2D eigenvalue weighted by Crippen LogP contribution is -2.40. The Kier molecular flexibility index (Phi) is 6.02. The zero-order valence-electron chi connectivity index (χ0n) is 12.9. The molecule has 0 saturated carbocycles. The van der Waals surface area contributed by atoms with Crippen molar-refractivity contribution in [2.24, 2.45) is 0 Å². The number of hydrogen-bond acceptors (Lipinski definition) is 4. The normalized spacial score (nSPS) is 10.1. The summed E-state index contributed by atoms with van der Waals surface area (Å²) in [6.45, 7) is 1.22. The molecule has 1 aromatic heterocycles. The number of thiophene rings is 1. The number of carbonyl (C=O) groups excluding carboxylic acids is 3. The van der Waals surface area contributed by atoms with Gasteiger partial charge in [0.15, 0.2) is 0 Å². The van der Waals surface area contributed by atoms with Crippen LogP contribution in [0.2, 0.25) is 0 Å². The van der Waals surface area contributed by atoms with Crippen LogP contribution in [-0.4, -0.2) is 30.8 Å². The molecule has 8 heteroatoms. The molecule has 0 aliphatic heterocycles. The minimum Gasteiger partial charge on any atom is -0.345 e. The van der Waals surface area contributed by atoms with Gasteiger partial charge in [-0.1, -0.05) is 12.1 Å². The molecule has 24 heavy (non-hydrogen) atoms. The van der Waals surface area contributed by atoms with Crippen LogP contribution in [-0.2, 0) is 9.59 Å². The molecule has 2 aromatic rings. The maximum absolute atomic E-state index is 13.1. The number of amides is 3. The van der Waals surface area contributed by atoms with Gasteiger partial charge in [0.05, 0.1) is 18.0 Å². The number of halogens is 1. The van der Waals surface area contributed by atoms with E-state index in [0.29, 0.717) is 16.1 Å². The molecule has 0 saturated heterocycles. The zero-order chi connectivity index (χ0) is 17.5. The Morgan fingerprint density at radius 3 is 2.54 bits per heavy atom. The Bertz CT molecular complexity index is 747. The summed E-state index contributed by atoms with van der Waals surface area (Å²) in [6, 6.07) is 7.42. The van der Waals surface area contributed by atoms with E-state index in [2.05, 4.69) is 16.0 Å². The molecular formula is C16H16FN3O3S. The summed E-state index contributed by atoms with van der Waals surface area (Å²) in [5, 5.41) is 9.11. The largest absolute Gasteiger partial charge is 0.345 e. The summed E-state index contributed by atoms with van der Waals surface area (Å²) >= 11 is 1.27. The van der Waals surface area contributed by atoms with Crippen molar-refractivity contribution in [3.05, 3.63) is 52.0 Å². The van der Waals surface area contributed by atoms with Gasteiger partial charge in [0.25, 0.3) is 5.91 Å². The summed E-state index contributed by atoms with van der Waals surface area (Å²) in [4.78, 5) is 35.6. The first kappa shape index (κ1) is 17.6. The monoisotopic (exact) mass is 349 g/mol. The number of carbonyl (C=O) groups is 3. The molecule has 1 aromatic carbocycles. The van der Waals surface area contributed by atoms with Crippen molar-refractivity contribution in [3.8, 4) is 0 Å². The van der Waals surface area contributed by atoms with Gasteiger partial charge in [0.2, 0.25) is 11.8 Å². The topological polar surface area (TPSA) is 87.3 Å². The van der Waals surface area contributed by atoms with Crippen molar-refractivity contribution in [2.45, 2.75) is 6.92 Å². The first-order valence-corrected chi connectivity index (χ1v) is 7.98. The highest BCUT2D eigenvalue weighted by molar-refractivity contribution is 7.12. The maximum Gasteiger partial charge on any atom is 0.261 e. The van der Waals surface area contributed by atoms with Gasteiger partial charge in [-0.3, -0.25) is 14.4 Å². The quantitative estimate of drug-likeness (QED) is 0.741. The fraction of sp³-hybridized carbons (Fsp3) is 0.188. The van der Waals surface area contributed by atoms with E-state index in [9.17, 15) is 18.8 Å². The van der Waals surface area contributed by atoms with Crippen molar-refractivity contribution >= 4 is 34.7 Å². The predicted molar refractivity (Wildman–Crippen MR) is 89.4 cm³/mol. The lowest BCUT2D eigenvalue weighted by molar-refractivity contribution is -0.123. The lowest BCUT2D eigenvalue weighted by atomic mass is 10.2. The van der Waals surface area contributed by atoms with Crippen LogP contribution in [0, 0.1) is 12.7 Å². The van der Waals surface area contributed by atoms with Crippen LogP contribution in [0.5, 0.6) is 0 Å². The number of benzene rings is 1. The second-order valence-corrected chi connectivity index (χ2v) is 5.89. The van der Waals surface area contributed by atoms with Gasteiger partial charge in [0, 0.05) is 5.69 Å². The van der Waals surface area contributed by atoms with Gasteiger partial charge < -0.3 is 16.0 Å². The van der Waals surface area contributed by atoms with Gasteiger partial charge in [0.1, 0.15) is 5.82 Å². The standard InChI is InChI=1S/C16H16FN3O3S/c1-10-4-5-11(17)7-12(10)20-15(22)9-18-14(21)8-19-16(23)13-3-2-6-24-13/h2-7H,8-9H2,1H3,(H,18,21)(H,19,23)(H,20,22). The van der Waals surface area contributed by atoms with Crippen LogP contribution in [0.1, 0.15) is 15.2 Å². The molecular weight excluding hydrogens is 333 g/mol. The lowest BCUT2D eigenvalue weighted by Gasteiger charge is -2.09. The minimum absolute atomic E-state index is 0.233. The molecule has 0 spiro atoms. The first-order chi connectivity index (χ1) is 11.5. The second kappa shape index (κ2) is 8.21. The summed E-state index contributed by atoms with van der Waals surface area (Å²) in [7, 11) is 0. The molecule has 0 aliphatic carbocycles. The smallest absolute Gasteiger partial charge is 0.261 e. The van der Waals surface area contributed by atoms with Crippen LogP contribution in [0.3, 0.4) is 0 Å². The van der Waals surface area contributed by atoms with E-state index >= 15 is 0 Å². The number of hydrogen-bond donors (Lipinski definition) is 3. The number of anilines is 1. The zero-order valence-corrected chi connectivity index (χ0v) is 13.7. The summed E-state index contributed by atoms with van der Waals surface area (Å²) < 4.78 is 13.1. The van der Waals surface area contributed by atoms with Crippen LogP contribution < -0.4 is 16.0 Å². The number of rotatable bonds is 6. The SMILES string of the molecule is Cc1ccc(F)cc1NC(=O)CNC(=O)CNC(=O)c1cccs1. The third kappa shape index (κ3) is 5.17. The Balaban J connectivity index is 1.74. The average Bonchev–Trinajstić information content (AvgIpc) is 3.08. The molecule has 0 atom stereocenters. The fourth-order valence-electron chi connectivity index (χ4n) is 1.82. The summed E-state index contributed by atoms with van der Waals surface area (Å²) in [6.07, 6.45) is 0. The van der Waals surface area contributed by atoms with E-state index in [0.717, 1.165) is 0 Å². The van der Waals surface area contributed by atoms with Gasteiger partial charge in [-0.25, -0.2) is 4.39 Å². The Morgan fingerprint density at radius 2 is 1.83 bits per heavy atom. The van der Waals surface area contributed by atoms with E-state index in [1.807, 2.05) is 0 Å². The Morgan fingerprint density at radius 1 is 1.08 bits per heavy atom. The van der Waals surface area contributed by atoms with Crippen molar-refractivity contribution in [2.75, 3.05) is 18.4 Å². The molecule has 0 radical (unpaired) electrons. The van der Waals surface area contributed by atoms with Gasteiger partial charge >= 0.3 is 0 Å². The van der Waals surface area contributed by atoms with E-state index in [1.165, 1.54) is 23.5 Å². The molecule has 0 unspecified atom stereocenters. The van der Waals surface area contributed by atoms with Crippen molar-refractivity contribution < 1.29 is 18.8 Å². The van der Waals surface area contributed by atoms with Crippen LogP contribution in [0.4, 0.5) is 10.1 Å². The second-order valence-electron chi connectivity index (χ2n) is 4.94. The minimum atomic E-state index is -0.494. The van der Waals surface area contributed by atoms with Crippen LogP contribution in [0.15, 0.2) is 35.7 Å². The van der Waals surface area contributed by atoms with E-state index in [1.54, 1.807) is 30.5 Å². The molecule has 0 fully saturated rings. The summed E-state index contributed by atoms with van der Waals surface area (Å²) in [5.41, 5.74) is 1.06. The van der Waals surface area contributed by atoms with E-state index in [-0.39, 0.29) is 19.0 Å². The van der Waals surface area contributed by atoms with E-state index < -0.39 is 17.6 Å². The number of aryl methyl sites for hydroxylation is 1. The number of nitrogens with one attached hydrogen (secondary N) is 3. The van der Waals surface area contributed by atoms with Gasteiger partial charge in [-0.05, 0) is 36.1 Å². The van der Waals surface area contributed by atoms with E-state index in [4.69, 9.17) is 0 Å².